The first-order chi connectivity index (χ1) is 8.47. The van der Waals surface area contributed by atoms with Gasteiger partial charge in [-0.15, -0.1) is 0 Å². The molecule has 1 aromatic carbocycles. The van der Waals surface area contributed by atoms with Crippen molar-refractivity contribution in [1.82, 2.24) is 9.78 Å². The minimum Gasteiger partial charge on any atom is -0.362 e. The van der Waals surface area contributed by atoms with Gasteiger partial charge in [-0.2, -0.15) is 5.10 Å². The number of anilines is 1. The van der Waals surface area contributed by atoms with Crippen LogP contribution in [0.4, 0.5) is 14.6 Å². The number of hydrogen-bond acceptors (Lipinski definition) is 2. The van der Waals surface area contributed by atoms with Crippen molar-refractivity contribution in [1.29, 1.82) is 0 Å². The number of nitrogens with one attached hydrogen (secondary N) is 1. The zero-order valence-corrected chi connectivity index (χ0v) is 10.5. The summed E-state index contributed by atoms with van der Waals surface area (Å²) in [4.78, 5) is 0. The molecule has 0 aliphatic rings. The lowest BCUT2D eigenvalue weighted by molar-refractivity contribution is 0.506. The molecule has 2 rings (SSSR count). The van der Waals surface area contributed by atoms with E-state index in [1.165, 1.54) is 6.07 Å². The first kappa shape index (κ1) is 12.5. The Morgan fingerprint density at radius 1 is 1.22 bits per heavy atom. The van der Waals surface area contributed by atoms with Crippen molar-refractivity contribution in [2.24, 2.45) is 7.05 Å². The number of aromatic nitrogens is 2. The molecule has 3 nitrogen and oxygen atoms in total. The molecule has 0 saturated heterocycles. The lowest BCUT2D eigenvalue weighted by Gasteiger charge is -2.13. The van der Waals surface area contributed by atoms with E-state index in [9.17, 15) is 8.78 Å². The quantitative estimate of drug-likeness (QED) is 0.908. The largest absolute Gasteiger partial charge is 0.362 e. The Hall–Kier alpha value is -1.91. The SMILES string of the molecule is Cc1cc(NC(C)c2ccc(F)c(F)c2)nn1C. The Kier molecular flexibility index (Phi) is 3.32. The van der Waals surface area contributed by atoms with Crippen LogP contribution in [0.2, 0.25) is 0 Å². The molecule has 96 valence electrons. The molecular formula is C13H15F2N3. The maximum absolute atomic E-state index is 13.1. The van der Waals surface area contributed by atoms with Crippen molar-refractivity contribution in [2.75, 3.05) is 5.32 Å². The van der Waals surface area contributed by atoms with Crippen molar-refractivity contribution < 1.29 is 8.78 Å². The molecule has 1 aromatic heterocycles. The molecule has 5 heteroatoms. The van der Waals surface area contributed by atoms with Crippen LogP contribution in [0.15, 0.2) is 24.3 Å². The van der Waals surface area contributed by atoms with Crippen LogP contribution in [0.1, 0.15) is 24.2 Å². The lowest BCUT2D eigenvalue weighted by Crippen LogP contribution is -2.08. The summed E-state index contributed by atoms with van der Waals surface area (Å²) < 4.78 is 27.7. The van der Waals surface area contributed by atoms with E-state index in [-0.39, 0.29) is 6.04 Å². The second-order valence-electron chi connectivity index (χ2n) is 4.33. The molecule has 0 aliphatic carbocycles. The first-order valence-electron chi connectivity index (χ1n) is 5.69. The van der Waals surface area contributed by atoms with Gasteiger partial charge in [0.05, 0.1) is 6.04 Å². The molecule has 0 saturated carbocycles. The topological polar surface area (TPSA) is 29.9 Å². The Morgan fingerprint density at radius 3 is 2.50 bits per heavy atom. The summed E-state index contributed by atoms with van der Waals surface area (Å²) in [7, 11) is 1.85. The second kappa shape index (κ2) is 4.76. The molecular weight excluding hydrogens is 236 g/mol. The van der Waals surface area contributed by atoms with Crippen LogP contribution in [0.3, 0.4) is 0 Å². The highest BCUT2D eigenvalue weighted by molar-refractivity contribution is 5.39. The van der Waals surface area contributed by atoms with Gasteiger partial charge in [-0.1, -0.05) is 6.07 Å². The lowest BCUT2D eigenvalue weighted by atomic mass is 10.1. The molecule has 0 aliphatic heterocycles. The summed E-state index contributed by atoms with van der Waals surface area (Å²) in [5.41, 5.74) is 1.70. The summed E-state index contributed by atoms with van der Waals surface area (Å²) in [6.07, 6.45) is 0. The molecule has 0 spiro atoms. The molecule has 18 heavy (non-hydrogen) atoms. The fourth-order valence-electron chi connectivity index (χ4n) is 1.72. The van der Waals surface area contributed by atoms with Crippen molar-refractivity contribution in [3.8, 4) is 0 Å². The molecule has 0 amide bonds. The van der Waals surface area contributed by atoms with Gasteiger partial charge in [0.1, 0.15) is 5.82 Å². The third kappa shape index (κ3) is 2.50. The molecule has 1 heterocycles. The summed E-state index contributed by atoms with van der Waals surface area (Å²) in [6, 6.07) is 5.65. The van der Waals surface area contributed by atoms with Crippen LogP contribution >= 0.6 is 0 Å². The maximum Gasteiger partial charge on any atom is 0.159 e. The molecule has 0 radical (unpaired) electrons. The number of aryl methyl sites for hydroxylation is 2. The van der Waals surface area contributed by atoms with Gasteiger partial charge in [0.25, 0.3) is 0 Å². The van der Waals surface area contributed by atoms with Crippen LogP contribution in [-0.4, -0.2) is 9.78 Å². The first-order valence-corrected chi connectivity index (χ1v) is 5.69. The molecule has 2 aromatic rings. The fourth-order valence-corrected chi connectivity index (χ4v) is 1.72. The van der Waals surface area contributed by atoms with Gasteiger partial charge in [0, 0.05) is 18.8 Å². The third-order valence-corrected chi connectivity index (χ3v) is 2.92. The number of rotatable bonds is 3. The van der Waals surface area contributed by atoms with Crippen LogP contribution in [0.25, 0.3) is 0 Å². The van der Waals surface area contributed by atoms with Gasteiger partial charge >= 0.3 is 0 Å². The van der Waals surface area contributed by atoms with Gasteiger partial charge in [-0.25, -0.2) is 8.78 Å². The number of halogens is 2. The summed E-state index contributed by atoms with van der Waals surface area (Å²) >= 11 is 0. The van der Waals surface area contributed by atoms with E-state index < -0.39 is 11.6 Å². The Morgan fingerprint density at radius 2 is 1.94 bits per heavy atom. The summed E-state index contributed by atoms with van der Waals surface area (Å²) in [5, 5.41) is 7.40. The monoisotopic (exact) mass is 251 g/mol. The van der Waals surface area contributed by atoms with Crippen LogP contribution < -0.4 is 5.32 Å². The smallest absolute Gasteiger partial charge is 0.159 e. The average molecular weight is 251 g/mol. The summed E-state index contributed by atoms with van der Waals surface area (Å²) in [6.45, 7) is 3.82. The van der Waals surface area contributed by atoms with Crippen molar-refractivity contribution in [2.45, 2.75) is 19.9 Å². The van der Waals surface area contributed by atoms with E-state index in [2.05, 4.69) is 10.4 Å². The maximum atomic E-state index is 13.1. The highest BCUT2D eigenvalue weighted by Crippen LogP contribution is 2.20. The standard InChI is InChI=1S/C13H15F2N3/c1-8-6-13(17-18(8)3)16-9(2)10-4-5-11(14)12(15)7-10/h4-7,9H,1-3H3,(H,16,17). The van der Waals surface area contributed by atoms with Crippen LogP contribution in [0, 0.1) is 18.6 Å². The van der Waals surface area contributed by atoms with Crippen LogP contribution in [0.5, 0.6) is 0 Å². The van der Waals surface area contributed by atoms with Crippen molar-refractivity contribution in [3.05, 3.63) is 47.2 Å². The Balaban J connectivity index is 2.16. The highest BCUT2D eigenvalue weighted by atomic mass is 19.2. The minimum absolute atomic E-state index is 0.144. The minimum atomic E-state index is -0.835. The second-order valence-corrected chi connectivity index (χ2v) is 4.33. The zero-order valence-electron chi connectivity index (χ0n) is 10.5. The molecule has 0 fully saturated rings. The van der Waals surface area contributed by atoms with Gasteiger partial charge < -0.3 is 5.32 Å². The van der Waals surface area contributed by atoms with E-state index in [1.54, 1.807) is 10.7 Å². The number of nitrogens with zero attached hydrogens (tertiary/aromatic N) is 2. The number of benzene rings is 1. The van der Waals surface area contributed by atoms with E-state index in [1.807, 2.05) is 27.0 Å². The van der Waals surface area contributed by atoms with E-state index in [0.717, 1.165) is 11.8 Å². The molecule has 1 N–H and O–H groups in total. The molecule has 1 unspecified atom stereocenters. The van der Waals surface area contributed by atoms with Gasteiger partial charge in [-0.3, -0.25) is 4.68 Å². The van der Waals surface area contributed by atoms with Crippen LogP contribution in [-0.2, 0) is 7.05 Å². The van der Waals surface area contributed by atoms with E-state index >= 15 is 0 Å². The Labute approximate surface area is 104 Å². The summed E-state index contributed by atoms with van der Waals surface area (Å²) in [5.74, 6) is -0.954. The van der Waals surface area contributed by atoms with Gasteiger partial charge in [0.2, 0.25) is 0 Å². The highest BCUT2D eigenvalue weighted by Gasteiger charge is 2.10. The Bertz CT molecular complexity index is 544. The van der Waals surface area contributed by atoms with Gasteiger partial charge in [-0.05, 0) is 31.5 Å². The van der Waals surface area contributed by atoms with Crippen molar-refractivity contribution in [3.63, 3.8) is 0 Å². The van der Waals surface area contributed by atoms with E-state index in [0.29, 0.717) is 11.4 Å². The van der Waals surface area contributed by atoms with Crippen molar-refractivity contribution >= 4 is 5.82 Å². The van der Waals surface area contributed by atoms with Gasteiger partial charge in [0.15, 0.2) is 11.6 Å². The molecule has 1 atom stereocenters. The zero-order chi connectivity index (χ0) is 13.3. The fraction of sp³-hybridized carbons (Fsp3) is 0.308. The molecule has 0 bridgehead atoms. The predicted octanol–water partition coefficient (Wildman–Crippen LogP) is 3.18. The average Bonchev–Trinajstić information content (AvgIpc) is 2.61. The predicted molar refractivity (Wildman–Crippen MR) is 66.3 cm³/mol. The van der Waals surface area contributed by atoms with E-state index in [4.69, 9.17) is 0 Å². The number of hydrogen-bond donors (Lipinski definition) is 1. The normalized spacial score (nSPS) is 12.5. The third-order valence-electron chi connectivity index (χ3n) is 2.92.